The average molecular weight is 328 g/mol. The second-order valence-electron chi connectivity index (χ2n) is 5.00. The van der Waals surface area contributed by atoms with Crippen LogP contribution in [0.15, 0.2) is 48.5 Å². The van der Waals surface area contributed by atoms with Gasteiger partial charge in [0.1, 0.15) is 6.61 Å². The van der Waals surface area contributed by atoms with Crippen LogP contribution in [0.3, 0.4) is 0 Å². The Morgan fingerprint density at radius 3 is 2.74 bits per heavy atom. The zero-order valence-electron chi connectivity index (χ0n) is 12.9. The van der Waals surface area contributed by atoms with Gasteiger partial charge in [0.15, 0.2) is 0 Å². The number of nitrogens with one attached hydrogen (secondary N) is 1. The summed E-state index contributed by atoms with van der Waals surface area (Å²) >= 11 is 5.90. The van der Waals surface area contributed by atoms with Crippen molar-refractivity contribution in [2.45, 2.75) is 20.0 Å². The zero-order chi connectivity index (χ0) is 16.5. The standard InChI is InChI=1S/C19H18ClNO2/c1-15-13-18(20)11-10-17(15)9-5-6-12-21-19(22)23-14-16-7-3-2-4-8-16/h2-4,7-8,10-11,13H,6,12,14H2,1H3,(H,21,22). The van der Waals surface area contributed by atoms with Crippen LogP contribution in [-0.4, -0.2) is 12.6 Å². The lowest BCUT2D eigenvalue weighted by molar-refractivity contribution is 0.140. The van der Waals surface area contributed by atoms with Crippen LogP contribution >= 0.6 is 11.6 Å². The first kappa shape index (κ1) is 16.9. The molecule has 0 aromatic heterocycles. The number of benzene rings is 2. The van der Waals surface area contributed by atoms with E-state index in [2.05, 4.69) is 17.2 Å². The van der Waals surface area contributed by atoms with Gasteiger partial charge in [-0.15, -0.1) is 0 Å². The summed E-state index contributed by atoms with van der Waals surface area (Å²) in [6.45, 7) is 2.69. The molecule has 2 aromatic carbocycles. The van der Waals surface area contributed by atoms with Crippen LogP contribution in [0.5, 0.6) is 0 Å². The van der Waals surface area contributed by atoms with Gasteiger partial charge in [0.25, 0.3) is 0 Å². The third-order valence-electron chi connectivity index (χ3n) is 3.14. The largest absolute Gasteiger partial charge is 0.445 e. The van der Waals surface area contributed by atoms with E-state index in [9.17, 15) is 4.79 Å². The maximum atomic E-state index is 11.5. The van der Waals surface area contributed by atoms with Crippen molar-refractivity contribution in [1.29, 1.82) is 0 Å². The van der Waals surface area contributed by atoms with Gasteiger partial charge in [-0.1, -0.05) is 53.8 Å². The molecule has 1 amide bonds. The summed E-state index contributed by atoms with van der Waals surface area (Å²) in [5, 5.41) is 3.38. The molecule has 0 spiro atoms. The van der Waals surface area contributed by atoms with Crippen molar-refractivity contribution < 1.29 is 9.53 Å². The first-order chi connectivity index (χ1) is 11.1. The van der Waals surface area contributed by atoms with Gasteiger partial charge in [0.05, 0.1) is 0 Å². The highest BCUT2D eigenvalue weighted by atomic mass is 35.5. The smallest absolute Gasteiger partial charge is 0.407 e. The molecule has 2 rings (SSSR count). The van der Waals surface area contributed by atoms with E-state index >= 15 is 0 Å². The van der Waals surface area contributed by atoms with Gasteiger partial charge in [-0.2, -0.15) is 0 Å². The summed E-state index contributed by atoms with van der Waals surface area (Å²) in [4.78, 5) is 11.5. The van der Waals surface area contributed by atoms with Crippen molar-refractivity contribution in [1.82, 2.24) is 5.32 Å². The predicted molar refractivity (Wildman–Crippen MR) is 92.3 cm³/mol. The summed E-state index contributed by atoms with van der Waals surface area (Å²) in [5.41, 5.74) is 2.95. The molecule has 0 saturated carbocycles. The molecule has 4 heteroatoms. The summed E-state index contributed by atoms with van der Waals surface area (Å²) in [6.07, 6.45) is 0.126. The maximum absolute atomic E-state index is 11.5. The van der Waals surface area contributed by atoms with E-state index in [0.717, 1.165) is 16.7 Å². The van der Waals surface area contributed by atoms with Crippen molar-refractivity contribution in [3.8, 4) is 11.8 Å². The van der Waals surface area contributed by atoms with E-state index in [1.807, 2.05) is 55.5 Å². The maximum Gasteiger partial charge on any atom is 0.407 e. The van der Waals surface area contributed by atoms with Gasteiger partial charge in [-0.3, -0.25) is 0 Å². The van der Waals surface area contributed by atoms with Crippen LogP contribution in [0.2, 0.25) is 5.02 Å². The highest BCUT2D eigenvalue weighted by Crippen LogP contribution is 2.14. The van der Waals surface area contributed by atoms with E-state index in [1.54, 1.807) is 0 Å². The molecule has 118 valence electrons. The second-order valence-corrected chi connectivity index (χ2v) is 5.44. The van der Waals surface area contributed by atoms with Crippen LogP contribution < -0.4 is 5.32 Å². The minimum atomic E-state index is -0.432. The van der Waals surface area contributed by atoms with Gasteiger partial charge in [-0.05, 0) is 36.2 Å². The number of amides is 1. The Morgan fingerprint density at radius 1 is 1.22 bits per heavy atom. The molecular formula is C19H18ClNO2. The monoisotopic (exact) mass is 327 g/mol. The van der Waals surface area contributed by atoms with Gasteiger partial charge in [0.2, 0.25) is 0 Å². The number of carbonyl (C=O) groups is 1. The SMILES string of the molecule is Cc1cc(Cl)ccc1C#CCCNC(=O)OCc1ccccc1. The van der Waals surface area contributed by atoms with E-state index in [1.165, 1.54) is 0 Å². The molecule has 0 aliphatic carbocycles. The lowest BCUT2D eigenvalue weighted by Crippen LogP contribution is -2.24. The highest BCUT2D eigenvalue weighted by molar-refractivity contribution is 6.30. The Morgan fingerprint density at radius 2 is 2.00 bits per heavy atom. The first-order valence-corrected chi connectivity index (χ1v) is 7.72. The molecule has 0 bridgehead atoms. The number of carbonyl (C=O) groups excluding carboxylic acids is 1. The van der Waals surface area contributed by atoms with Gasteiger partial charge in [-0.25, -0.2) is 4.79 Å². The third-order valence-corrected chi connectivity index (χ3v) is 3.38. The Kier molecular flexibility index (Phi) is 6.53. The Hall–Kier alpha value is -2.44. The molecule has 0 radical (unpaired) electrons. The molecule has 0 heterocycles. The third kappa shape index (κ3) is 6.06. The minimum Gasteiger partial charge on any atom is -0.445 e. The number of ether oxygens (including phenoxy) is 1. The fraction of sp³-hybridized carbons (Fsp3) is 0.211. The molecule has 2 aromatic rings. The molecule has 0 aliphatic heterocycles. The molecule has 0 aliphatic rings. The minimum absolute atomic E-state index is 0.266. The van der Waals surface area contributed by atoms with Crippen LogP contribution in [0, 0.1) is 18.8 Å². The number of alkyl carbamates (subject to hydrolysis) is 1. The normalized spacial score (nSPS) is 9.65. The van der Waals surface area contributed by atoms with Gasteiger partial charge >= 0.3 is 6.09 Å². The van der Waals surface area contributed by atoms with Crippen molar-refractivity contribution in [2.24, 2.45) is 0 Å². The molecule has 0 unspecified atom stereocenters. The van der Waals surface area contributed by atoms with E-state index in [-0.39, 0.29) is 6.61 Å². The van der Waals surface area contributed by atoms with Crippen LogP contribution in [0.25, 0.3) is 0 Å². The Labute approximate surface area is 141 Å². The molecule has 0 atom stereocenters. The molecule has 23 heavy (non-hydrogen) atoms. The molecule has 3 nitrogen and oxygen atoms in total. The molecule has 0 saturated heterocycles. The molecular weight excluding hydrogens is 310 g/mol. The average Bonchev–Trinajstić information content (AvgIpc) is 2.55. The number of hydrogen-bond acceptors (Lipinski definition) is 2. The number of halogens is 1. The summed E-state index contributed by atoms with van der Waals surface area (Å²) < 4.78 is 5.11. The Bertz CT molecular complexity index is 717. The lowest BCUT2D eigenvalue weighted by atomic mass is 10.1. The van der Waals surface area contributed by atoms with Crippen molar-refractivity contribution in [3.63, 3.8) is 0 Å². The summed E-state index contributed by atoms with van der Waals surface area (Å²) in [6, 6.07) is 15.1. The molecule has 0 fully saturated rings. The topological polar surface area (TPSA) is 38.3 Å². The van der Waals surface area contributed by atoms with E-state index < -0.39 is 6.09 Å². The summed E-state index contributed by atoms with van der Waals surface area (Å²) in [5.74, 6) is 6.10. The predicted octanol–water partition coefficient (Wildman–Crippen LogP) is 4.32. The molecule has 1 N–H and O–H groups in total. The van der Waals surface area contributed by atoms with Crippen LogP contribution in [-0.2, 0) is 11.3 Å². The first-order valence-electron chi connectivity index (χ1n) is 7.35. The fourth-order valence-electron chi connectivity index (χ4n) is 1.93. The van der Waals surface area contributed by atoms with E-state index in [0.29, 0.717) is 18.0 Å². The van der Waals surface area contributed by atoms with Crippen molar-refractivity contribution >= 4 is 17.7 Å². The van der Waals surface area contributed by atoms with Gasteiger partial charge in [0, 0.05) is 23.6 Å². The summed E-state index contributed by atoms with van der Waals surface area (Å²) in [7, 11) is 0. The van der Waals surface area contributed by atoms with Crippen LogP contribution in [0.4, 0.5) is 4.79 Å². The second kappa shape index (κ2) is 8.87. The van der Waals surface area contributed by atoms with Crippen LogP contribution in [0.1, 0.15) is 23.1 Å². The van der Waals surface area contributed by atoms with Crippen molar-refractivity contribution in [3.05, 3.63) is 70.2 Å². The fourth-order valence-corrected chi connectivity index (χ4v) is 2.15. The van der Waals surface area contributed by atoms with Crippen molar-refractivity contribution in [2.75, 3.05) is 6.54 Å². The zero-order valence-corrected chi connectivity index (χ0v) is 13.7. The number of aryl methyl sites for hydroxylation is 1. The number of hydrogen-bond donors (Lipinski definition) is 1. The lowest BCUT2D eigenvalue weighted by Gasteiger charge is -2.05. The Balaban J connectivity index is 1.69. The quantitative estimate of drug-likeness (QED) is 0.671. The number of rotatable bonds is 4. The van der Waals surface area contributed by atoms with E-state index in [4.69, 9.17) is 16.3 Å². The van der Waals surface area contributed by atoms with Gasteiger partial charge < -0.3 is 10.1 Å². The highest BCUT2D eigenvalue weighted by Gasteiger charge is 2.00.